The number of nitrogens with zero attached hydrogens (tertiary/aromatic N) is 2. The van der Waals surface area contributed by atoms with E-state index in [9.17, 15) is 18.8 Å². The molecular formula is C18H25N3O3S. The molecule has 1 unspecified atom stereocenters. The Bertz CT molecular complexity index is 730. The lowest BCUT2D eigenvalue weighted by Gasteiger charge is -2.28. The molecule has 1 heterocycles. The van der Waals surface area contributed by atoms with Crippen molar-refractivity contribution in [2.45, 2.75) is 38.7 Å². The first-order chi connectivity index (χ1) is 12.0. The molecule has 136 valence electrons. The van der Waals surface area contributed by atoms with Crippen molar-refractivity contribution >= 4 is 21.8 Å². The predicted molar refractivity (Wildman–Crippen MR) is 99.3 cm³/mol. The van der Waals surface area contributed by atoms with E-state index in [0.717, 1.165) is 18.8 Å². The summed E-state index contributed by atoms with van der Waals surface area (Å²) in [6.45, 7) is 3.73. The molecule has 0 saturated carbocycles. The normalized spacial score (nSPS) is 17.2. The summed E-state index contributed by atoms with van der Waals surface area (Å²) < 4.78 is 26.6. The second kappa shape index (κ2) is 8.99. The van der Waals surface area contributed by atoms with Crippen molar-refractivity contribution in [2.75, 3.05) is 24.5 Å². The highest BCUT2D eigenvalue weighted by Crippen LogP contribution is 2.21. The molecule has 1 fully saturated rings. The maximum Gasteiger partial charge on any atom is 0.250 e. The van der Waals surface area contributed by atoms with E-state index in [1.165, 1.54) is 25.3 Å². The number of aliphatic hydroxyl groups excluding tert-OH is 1. The summed E-state index contributed by atoms with van der Waals surface area (Å²) in [4.78, 5) is 1.95. The molecule has 1 aromatic rings. The van der Waals surface area contributed by atoms with Gasteiger partial charge in [-0.15, -0.1) is 0 Å². The van der Waals surface area contributed by atoms with Gasteiger partial charge < -0.3 is 10.0 Å². The van der Waals surface area contributed by atoms with Crippen molar-refractivity contribution < 1.29 is 13.5 Å². The first kappa shape index (κ1) is 19.4. The largest absolute Gasteiger partial charge is 0.392 e. The molecule has 1 aliphatic rings. The van der Waals surface area contributed by atoms with Gasteiger partial charge in [0.1, 0.15) is 6.07 Å². The van der Waals surface area contributed by atoms with E-state index in [-0.39, 0.29) is 11.4 Å². The molecule has 0 aromatic heterocycles. The number of nitrogens with one attached hydrogen (secondary N) is 1. The molecule has 1 aliphatic heterocycles. The number of sulfonamides is 1. The topological polar surface area (TPSA) is 93.4 Å². The summed E-state index contributed by atoms with van der Waals surface area (Å²) in [5, 5.41) is 18.7. The van der Waals surface area contributed by atoms with Crippen LogP contribution in [0.15, 0.2) is 29.2 Å². The van der Waals surface area contributed by atoms with Gasteiger partial charge in [-0.25, -0.2) is 13.1 Å². The number of aliphatic hydroxyl groups is 1. The van der Waals surface area contributed by atoms with E-state index < -0.39 is 16.1 Å². The molecule has 1 aromatic carbocycles. The molecule has 2 N–H and O–H groups in total. The Labute approximate surface area is 149 Å². The average Bonchev–Trinajstić information content (AvgIpc) is 2.65. The molecule has 25 heavy (non-hydrogen) atoms. The predicted octanol–water partition coefficient (Wildman–Crippen LogP) is 2.23. The average molecular weight is 363 g/mol. The van der Waals surface area contributed by atoms with E-state index >= 15 is 0 Å². The van der Waals surface area contributed by atoms with E-state index in [4.69, 9.17) is 0 Å². The Balaban J connectivity index is 2.12. The number of hydrogen-bond donors (Lipinski definition) is 2. The minimum atomic E-state index is -3.93. The standard InChI is InChI=1S/C18H25N3O3S/c1-2-17(22)14-20-25(23,24)18(13-19)12-15-6-8-16(9-7-15)21-10-4-3-5-11-21/h6-9,12,17,20,22H,2-5,10-11,14H2,1H3/b18-12+. The highest BCUT2D eigenvalue weighted by Gasteiger charge is 2.18. The van der Waals surface area contributed by atoms with E-state index in [1.807, 2.05) is 24.3 Å². The SMILES string of the molecule is CCC(O)CNS(=O)(=O)/C(C#N)=C/c1ccc(N2CCCCC2)cc1. The second-order valence-electron chi connectivity index (χ2n) is 6.17. The monoisotopic (exact) mass is 363 g/mol. The zero-order chi connectivity index (χ0) is 18.3. The summed E-state index contributed by atoms with van der Waals surface area (Å²) >= 11 is 0. The van der Waals surface area contributed by atoms with Crippen LogP contribution in [-0.4, -0.2) is 39.3 Å². The number of hydrogen-bond acceptors (Lipinski definition) is 5. The molecule has 0 aliphatic carbocycles. The fraction of sp³-hybridized carbons (Fsp3) is 0.500. The van der Waals surface area contributed by atoms with Crippen molar-refractivity contribution in [1.82, 2.24) is 4.72 Å². The van der Waals surface area contributed by atoms with E-state index in [0.29, 0.717) is 12.0 Å². The highest BCUT2D eigenvalue weighted by atomic mass is 32.2. The molecule has 0 bridgehead atoms. The van der Waals surface area contributed by atoms with Gasteiger partial charge in [-0.1, -0.05) is 19.1 Å². The molecular weight excluding hydrogens is 338 g/mol. The second-order valence-corrected chi connectivity index (χ2v) is 7.91. The van der Waals surface area contributed by atoms with Gasteiger partial charge >= 0.3 is 0 Å². The number of nitriles is 1. The van der Waals surface area contributed by atoms with Gasteiger partial charge in [0.25, 0.3) is 10.0 Å². The van der Waals surface area contributed by atoms with E-state index in [2.05, 4.69) is 9.62 Å². The van der Waals surface area contributed by atoms with Crippen LogP contribution in [0.25, 0.3) is 6.08 Å². The molecule has 1 saturated heterocycles. The Kier molecular flexibility index (Phi) is 7.00. The van der Waals surface area contributed by atoms with Crippen LogP contribution >= 0.6 is 0 Å². The third-order valence-corrected chi connectivity index (χ3v) is 5.63. The number of piperidine rings is 1. The summed E-state index contributed by atoms with van der Waals surface area (Å²) in [7, 11) is -3.93. The smallest absolute Gasteiger partial charge is 0.250 e. The van der Waals surface area contributed by atoms with Crippen molar-refractivity contribution in [3.8, 4) is 6.07 Å². The lowest BCUT2D eigenvalue weighted by atomic mass is 10.1. The Morgan fingerprint density at radius 1 is 1.32 bits per heavy atom. The molecule has 6 nitrogen and oxygen atoms in total. The Hall–Kier alpha value is -1.88. The summed E-state index contributed by atoms with van der Waals surface area (Å²) in [5.74, 6) is 0. The highest BCUT2D eigenvalue weighted by molar-refractivity contribution is 7.93. The Morgan fingerprint density at radius 3 is 2.52 bits per heavy atom. The van der Waals surface area contributed by atoms with Crippen molar-refractivity contribution in [1.29, 1.82) is 5.26 Å². The van der Waals surface area contributed by atoms with E-state index in [1.54, 1.807) is 13.0 Å². The van der Waals surface area contributed by atoms with Gasteiger partial charge in [-0.05, 0) is 49.5 Å². The third-order valence-electron chi connectivity index (χ3n) is 4.29. The van der Waals surface area contributed by atoms with Crippen LogP contribution in [0.5, 0.6) is 0 Å². The molecule has 1 atom stereocenters. The van der Waals surface area contributed by atoms with Gasteiger partial charge in [0.05, 0.1) is 6.10 Å². The van der Waals surface area contributed by atoms with Crippen molar-refractivity contribution in [3.63, 3.8) is 0 Å². The van der Waals surface area contributed by atoms with Crippen LogP contribution in [0.2, 0.25) is 0 Å². The van der Waals surface area contributed by atoms with Crippen LogP contribution in [0, 0.1) is 11.3 Å². The first-order valence-electron chi connectivity index (χ1n) is 8.61. The van der Waals surface area contributed by atoms with Gasteiger partial charge in [0, 0.05) is 25.3 Å². The molecule has 0 spiro atoms. The number of allylic oxidation sites excluding steroid dienone is 1. The third kappa shape index (κ3) is 5.56. The van der Waals surface area contributed by atoms with Crippen LogP contribution in [0.4, 0.5) is 5.69 Å². The Morgan fingerprint density at radius 2 is 1.96 bits per heavy atom. The van der Waals surface area contributed by atoms with Crippen molar-refractivity contribution in [2.24, 2.45) is 0 Å². The number of benzene rings is 1. The minimum Gasteiger partial charge on any atom is -0.392 e. The van der Waals surface area contributed by atoms with Crippen LogP contribution in [-0.2, 0) is 10.0 Å². The minimum absolute atomic E-state index is 0.105. The van der Waals surface area contributed by atoms with Crippen LogP contribution in [0.1, 0.15) is 38.2 Å². The summed E-state index contributed by atoms with van der Waals surface area (Å²) in [6.07, 6.45) is 4.66. The van der Waals surface area contributed by atoms with Crippen molar-refractivity contribution in [3.05, 3.63) is 34.7 Å². The molecule has 0 radical (unpaired) electrons. The summed E-state index contributed by atoms with van der Waals surface area (Å²) in [5.41, 5.74) is 1.76. The zero-order valence-corrected chi connectivity index (χ0v) is 15.3. The lowest BCUT2D eigenvalue weighted by Crippen LogP contribution is -2.32. The first-order valence-corrected chi connectivity index (χ1v) is 10.1. The maximum atomic E-state index is 12.2. The fourth-order valence-electron chi connectivity index (χ4n) is 2.68. The fourth-order valence-corrected chi connectivity index (χ4v) is 3.66. The van der Waals surface area contributed by atoms with Crippen LogP contribution in [0.3, 0.4) is 0 Å². The molecule has 7 heteroatoms. The molecule has 2 rings (SSSR count). The number of anilines is 1. The summed E-state index contributed by atoms with van der Waals surface area (Å²) in [6, 6.07) is 9.27. The number of rotatable bonds is 7. The van der Waals surface area contributed by atoms with Gasteiger partial charge in [0.15, 0.2) is 4.91 Å². The quantitative estimate of drug-likeness (QED) is 0.725. The lowest BCUT2D eigenvalue weighted by molar-refractivity contribution is 0.174. The van der Waals surface area contributed by atoms with Gasteiger partial charge in [0.2, 0.25) is 0 Å². The molecule has 0 amide bonds. The van der Waals surface area contributed by atoms with Gasteiger partial charge in [-0.3, -0.25) is 0 Å². The zero-order valence-electron chi connectivity index (χ0n) is 14.5. The van der Waals surface area contributed by atoms with Crippen LogP contribution < -0.4 is 9.62 Å². The maximum absolute atomic E-state index is 12.2. The van der Waals surface area contributed by atoms with Gasteiger partial charge in [-0.2, -0.15) is 5.26 Å².